The molecule has 160 valence electrons. The van der Waals surface area contributed by atoms with Crippen molar-refractivity contribution in [3.8, 4) is 23.1 Å². The van der Waals surface area contributed by atoms with E-state index in [1.54, 1.807) is 24.3 Å². The maximum Gasteiger partial charge on any atom is 0.227 e. The molecule has 1 heterocycles. The van der Waals surface area contributed by atoms with E-state index in [1.165, 1.54) is 17.2 Å². The maximum absolute atomic E-state index is 13.9. The van der Waals surface area contributed by atoms with Gasteiger partial charge in [0.25, 0.3) is 0 Å². The quantitative estimate of drug-likeness (QED) is 0.487. The smallest absolute Gasteiger partial charge is 0.227 e. The number of nitriles is 1. The van der Waals surface area contributed by atoms with Gasteiger partial charge in [-0.25, -0.2) is 13.8 Å². The third kappa shape index (κ3) is 5.66. The minimum absolute atomic E-state index is 0.0878. The first-order valence-corrected chi connectivity index (χ1v) is 9.82. The van der Waals surface area contributed by atoms with Crippen LogP contribution in [0.1, 0.15) is 25.7 Å². The summed E-state index contributed by atoms with van der Waals surface area (Å²) in [6.45, 7) is 2.67. The average molecular weight is 425 g/mol. The van der Waals surface area contributed by atoms with Gasteiger partial charge in [-0.3, -0.25) is 4.79 Å². The molecule has 6 nitrogen and oxygen atoms in total. The zero-order valence-electron chi connectivity index (χ0n) is 17.0. The van der Waals surface area contributed by atoms with Crippen LogP contribution in [0.15, 0.2) is 53.1 Å². The molecule has 31 heavy (non-hydrogen) atoms. The molecule has 0 aliphatic carbocycles. The zero-order chi connectivity index (χ0) is 22.2. The highest BCUT2D eigenvalue weighted by Crippen LogP contribution is 2.25. The number of oxazole rings is 1. The Bertz CT molecular complexity index is 1070. The summed E-state index contributed by atoms with van der Waals surface area (Å²) in [7, 11) is 0. The van der Waals surface area contributed by atoms with E-state index >= 15 is 0 Å². The maximum atomic E-state index is 13.9. The van der Waals surface area contributed by atoms with Crippen molar-refractivity contribution in [1.82, 2.24) is 4.98 Å². The summed E-state index contributed by atoms with van der Waals surface area (Å²) < 4.78 is 38.0. The number of carbonyl (C=O) groups is 1. The van der Waals surface area contributed by atoms with Crippen LogP contribution in [0.3, 0.4) is 0 Å². The molecule has 8 heteroatoms. The van der Waals surface area contributed by atoms with Crippen molar-refractivity contribution in [1.29, 1.82) is 5.26 Å². The van der Waals surface area contributed by atoms with E-state index in [4.69, 9.17) is 14.4 Å². The molecule has 2 aromatic carbocycles. The highest BCUT2D eigenvalue weighted by molar-refractivity contribution is 5.93. The molecule has 1 aromatic heterocycles. The lowest BCUT2D eigenvalue weighted by atomic mass is 10.2. The van der Waals surface area contributed by atoms with Gasteiger partial charge in [-0.2, -0.15) is 5.26 Å². The number of halogens is 2. The Morgan fingerprint density at radius 2 is 2.00 bits per heavy atom. The zero-order valence-corrected chi connectivity index (χ0v) is 17.0. The fraction of sp³-hybridized carbons (Fsp3) is 0.261. The van der Waals surface area contributed by atoms with Crippen LogP contribution in [-0.4, -0.2) is 24.0 Å². The molecule has 1 amide bonds. The highest BCUT2D eigenvalue weighted by atomic mass is 19.1. The average Bonchev–Trinajstić information content (AvgIpc) is 3.22. The monoisotopic (exact) mass is 425 g/mol. The molecule has 0 aliphatic heterocycles. The number of benzene rings is 2. The van der Waals surface area contributed by atoms with Crippen LogP contribution in [0.4, 0.5) is 14.5 Å². The number of aryl methyl sites for hydroxylation is 1. The van der Waals surface area contributed by atoms with Crippen LogP contribution in [0.5, 0.6) is 5.75 Å². The van der Waals surface area contributed by atoms with Crippen molar-refractivity contribution >= 4 is 11.6 Å². The largest absolute Gasteiger partial charge is 0.494 e. The Morgan fingerprint density at radius 1 is 1.23 bits per heavy atom. The molecular weight excluding hydrogens is 404 g/mol. The lowest BCUT2D eigenvalue weighted by Crippen LogP contribution is -2.32. The summed E-state index contributed by atoms with van der Waals surface area (Å²) in [5.74, 6) is -0.520. The Kier molecular flexibility index (Phi) is 7.33. The van der Waals surface area contributed by atoms with Gasteiger partial charge in [-0.15, -0.1) is 0 Å². The Hall–Kier alpha value is -3.73. The number of ether oxygens (including phenoxy) is 1. The van der Waals surface area contributed by atoms with Crippen molar-refractivity contribution in [3.05, 3.63) is 66.2 Å². The summed E-state index contributed by atoms with van der Waals surface area (Å²) in [6, 6.07) is 12.3. The van der Waals surface area contributed by atoms with Gasteiger partial charge in [0.1, 0.15) is 17.4 Å². The minimum Gasteiger partial charge on any atom is -0.494 e. The van der Waals surface area contributed by atoms with Crippen molar-refractivity contribution in [3.63, 3.8) is 0 Å². The molecule has 0 bridgehead atoms. The molecule has 0 radical (unpaired) electrons. The standard InChI is InChI=1S/C23H21F2N3O3/c1-2-30-18-7-5-17(6-8-18)28(13-3-12-26)23(29)11-10-22-27-15-21(31-22)19-9-4-16(24)14-20(19)25/h4-9,14-15H,2-3,10-11,13H2,1H3. The predicted octanol–water partition coefficient (Wildman–Crippen LogP) is 4.90. The second-order valence-electron chi connectivity index (χ2n) is 6.62. The number of hydrogen-bond donors (Lipinski definition) is 0. The van der Waals surface area contributed by atoms with E-state index in [2.05, 4.69) is 4.98 Å². The van der Waals surface area contributed by atoms with Gasteiger partial charge in [0.2, 0.25) is 5.91 Å². The number of hydrogen-bond acceptors (Lipinski definition) is 5. The van der Waals surface area contributed by atoms with Crippen LogP contribution >= 0.6 is 0 Å². The van der Waals surface area contributed by atoms with Gasteiger partial charge in [-0.1, -0.05) is 0 Å². The van der Waals surface area contributed by atoms with Gasteiger partial charge in [0.15, 0.2) is 11.7 Å². The third-order valence-electron chi connectivity index (χ3n) is 4.51. The SMILES string of the molecule is CCOc1ccc(N(CCC#N)C(=O)CCc2ncc(-c3ccc(F)cc3F)o2)cc1. The summed E-state index contributed by atoms with van der Waals surface area (Å²) >= 11 is 0. The molecular formula is C23H21F2N3O3. The van der Waals surface area contributed by atoms with Crippen LogP contribution in [0.2, 0.25) is 0 Å². The fourth-order valence-corrected chi connectivity index (χ4v) is 3.04. The van der Waals surface area contributed by atoms with Gasteiger partial charge in [0.05, 0.1) is 30.9 Å². The van der Waals surface area contributed by atoms with E-state index < -0.39 is 11.6 Å². The Labute approximate surface area is 178 Å². The van der Waals surface area contributed by atoms with Crippen LogP contribution in [-0.2, 0) is 11.2 Å². The Morgan fingerprint density at radius 3 is 2.68 bits per heavy atom. The summed E-state index contributed by atoms with van der Waals surface area (Å²) in [4.78, 5) is 18.4. The van der Waals surface area contributed by atoms with Crippen LogP contribution < -0.4 is 9.64 Å². The predicted molar refractivity (Wildman–Crippen MR) is 110 cm³/mol. The van der Waals surface area contributed by atoms with E-state index in [9.17, 15) is 13.6 Å². The first-order valence-electron chi connectivity index (χ1n) is 9.82. The summed E-state index contributed by atoms with van der Waals surface area (Å²) in [6.07, 6.45) is 1.81. The molecule has 0 fully saturated rings. The van der Waals surface area contributed by atoms with Crippen molar-refractivity contribution in [2.45, 2.75) is 26.2 Å². The Balaban J connectivity index is 1.68. The lowest BCUT2D eigenvalue weighted by Gasteiger charge is -2.22. The summed E-state index contributed by atoms with van der Waals surface area (Å²) in [5.41, 5.74) is 0.752. The van der Waals surface area contributed by atoms with E-state index in [1.807, 2.05) is 13.0 Å². The molecule has 0 saturated heterocycles. The van der Waals surface area contributed by atoms with E-state index in [0.29, 0.717) is 18.0 Å². The highest BCUT2D eigenvalue weighted by Gasteiger charge is 2.18. The first-order chi connectivity index (χ1) is 15.0. The fourth-order valence-electron chi connectivity index (χ4n) is 3.04. The lowest BCUT2D eigenvalue weighted by molar-refractivity contribution is -0.118. The molecule has 0 spiro atoms. The molecule has 3 rings (SSSR count). The normalized spacial score (nSPS) is 10.5. The number of carbonyl (C=O) groups excluding carboxylic acids is 1. The molecule has 0 aliphatic rings. The third-order valence-corrected chi connectivity index (χ3v) is 4.51. The molecule has 0 unspecified atom stereocenters. The number of amides is 1. The van der Waals surface area contributed by atoms with Crippen molar-refractivity contribution in [2.75, 3.05) is 18.1 Å². The second kappa shape index (κ2) is 10.3. The molecule has 0 N–H and O–H groups in total. The van der Waals surface area contributed by atoms with Crippen molar-refractivity contribution in [2.24, 2.45) is 0 Å². The van der Waals surface area contributed by atoms with Gasteiger partial charge in [0, 0.05) is 31.1 Å². The number of rotatable bonds is 9. The van der Waals surface area contributed by atoms with E-state index in [0.717, 1.165) is 12.1 Å². The van der Waals surface area contributed by atoms with Gasteiger partial charge in [-0.05, 0) is 43.3 Å². The molecule has 0 saturated carbocycles. The number of anilines is 1. The second-order valence-corrected chi connectivity index (χ2v) is 6.62. The first kappa shape index (κ1) is 22.0. The van der Waals surface area contributed by atoms with Crippen LogP contribution in [0.25, 0.3) is 11.3 Å². The van der Waals surface area contributed by atoms with Crippen molar-refractivity contribution < 1.29 is 22.7 Å². The number of nitrogens with zero attached hydrogens (tertiary/aromatic N) is 3. The van der Waals surface area contributed by atoms with Gasteiger partial charge >= 0.3 is 0 Å². The van der Waals surface area contributed by atoms with E-state index in [-0.39, 0.29) is 48.9 Å². The topological polar surface area (TPSA) is 79.4 Å². The number of aromatic nitrogens is 1. The van der Waals surface area contributed by atoms with Gasteiger partial charge < -0.3 is 14.1 Å². The van der Waals surface area contributed by atoms with Crippen LogP contribution in [0, 0.1) is 23.0 Å². The summed E-state index contributed by atoms with van der Waals surface area (Å²) in [5, 5.41) is 8.93. The molecule has 3 aromatic rings. The molecule has 0 atom stereocenters. The minimum atomic E-state index is -0.753.